The SMILES string of the molecule is CC(C)c1ccccc1OC1CN(C)C1.O=Cc1ccccc1. The van der Waals surface area contributed by atoms with Gasteiger partial charge in [0, 0.05) is 18.7 Å². The van der Waals surface area contributed by atoms with Crippen molar-refractivity contribution >= 4 is 6.29 Å². The third-order valence-corrected chi connectivity index (χ3v) is 3.80. The van der Waals surface area contributed by atoms with Crippen LogP contribution in [0.1, 0.15) is 35.7 Å². The van der Waals surface area contributed by atoms with Crippen LogP contribution in [0.3, 0.4) is 0 Å². The van der Waals surface area contributed by atoms with Crippen LogP contribution in [0.5, 0.6) is 5.75 Å². The van der Waals surface area contributed by atoms with Gasteiger partial charge in [-0.15, -0.1) is 0 Å². The minimum Gasteiger partial charge on any atom is -0.487 e. The van der Waals surface area contributed by atoms with E-state index in [1.54, 1.807) is 12.1 Å². The van der Waals surface area contributed by atoms with Gasteiger partial charge in [0.2, 0.25) is 0 Å². The summed E-state index contributed by atoms with van der Waals surface area (Å²) in [6.45, 7) is 6.50. The lowest BCUT2D eigenvalue weighted by Gasteiger charge is -2.36. The molecule has 0 unspecified atom stereocenters. The van der Waals surface area contributed by atoms with E-state index in [4.69, 9.17) is 4.74 Å². The molecule has 0 radical (unpaired) electrons. The van der Waals surface area contributed by atoms with Gasteiger partial charge in [-0.05, 0) is 24.6 Å². The molecule has 0 aliphatic carbocycles. The summed E-state index contributed by atoms with van der Waals surface area (Å²) in [6.07, 6.45) is 1.22. The molecule has 3 heteroatoms. The Balaban J connectivity index is 0.000000203. The predicted octanol–water partition coefficient (Wildman–Crippen LogP) is 4.00. The number of nitrogens with zero attached hydrogens (tertiary/aromatic N) is 1. The summed E-state index contributed by atoms with van der Waals surface area (Å²) in [7, 11) is 2.12. The van der Waals surface area contributed by atoms with Crippen molar-refractivity contribution in [2.75, 3.05) is 20.1 Å². The molecule has 1 saturated heterocycles. The fraction of sp³-hybridized carbons (Fsp3) is 0.350. The quantitative estimate of drug-likeness (QED) is 0.799. The molecule has 0 atom stereocenters. The van der Waals surface area contributed by atoms with E-state index < -0.39 is 0 Å². The molecule has 0 bridgehead atoms. The molecule has 23 heavy (non-hydrogen) atoms. The average molecular weight is 311 g/mol. The molecule has 0 amide bonds. The lowest BCUT2D eigenvalue weighted by atomic mass is 10.0. The molecule has 2 aromatic rings. The van der Waals surface area contributed by atoms with Crippen molar-refractivity contribution in [3.63, 3.8) is 0 Å². The highest BCUT2D eigenvalue weighted by molar-refractivity contribution is 5.74. The maximum absolute atomic E-state index is 10.0. The number of aldehydes is 1. The molecule has 1 aliphatic rings. The second kappa shape index (κ2) is 8.49. The largest absolute Gasteiger partial charge is 0.487 e. The first-order valence-corrected chi connectivity index (χ1v) is 8.04. The maximum atomic E-state index is 10.0. The van der Waals surface area contributed by atoms with E-state index in [1.807, 2.05) is 24.3 Å². The molecule has 3 rings (SSSR count). The molecule has 0 aromatic heterocycles. The Morgan fingerprint density at radius 2 is 1.65 bits per heavy atom. The van der Waals surface area contributed by atoms with Gasteiger partial charge in [-0.1, -0.05) is 62.4 Å². The fourth-order valence-electron chi connectivity index (χ4n) is 2.49. The third-order valence-electron chi connectivity index (χ3n) is 3.80. The molecular formula is C20H25NO2. The minimum atomic E-state index is 0.384. The van der Waals surface area contributed by atoms with Crippen LogP contribution in [0.4, 0.5) is 0 Å². The van der Waals surface area contributed by atoms with Crippen LogP contribution in [0, 0.1) is 0 Å². The summed E-state index contributed by atoms with van der Waals surface area (Å²) in [5, 5.41) is 0. The fourth-order valence-corrected chi connectivity index (χ4v) is 2.49. The Morgan fingerprint density at radius 1 is 1.04 bits per heavy atom. The highest BCUT2D eigenvalue weighted by Gasteiger charge is 2.25. The van der Waals surface area contributed by atoms with Crippen LogP contribution in [0.2, 0.25) is 0 Å². The molecule has 1 fully saturated rings. The lowest BCUT2D eigenvalue weighted by Crippen LogP contribution is -2.51. The van der Waals surface area contributed by atoms with Gasteiger partial charge in [0.25, 0.3) is 0 Å². The van der Waals surface area contributed by atoms with E-state index in [1.165, 1.54) is 5.56 Å². The molecule has 0 saturated carbocycles. The number of hydrogen-bond acceptors (Lipinski definition) is 3. The Kier molecular flexibility index (Phi) is 6.36. The molecule has 3 nitrogen and oxygen atoms in total. The van der Waals surface area contributed by atoms with E-state index in [0.29, 0.717) is 12.0 Å². The number of rotatable bonds is 4. The second-order valence-electron chi connectivity index (χ2n) is 6.18. The number of para-hydroxylation sites is 1. The Morgan fingerprint density at radius 3 is 2.17 bits per heavy atom. The van der Waals surface area contributed by atoms with Crippen molar-refractivity contribution in [2.45, 2.75) is 25.9 Å². The van der Waals surface area contributed by atoms with Crippen molar-refractivity contribution < 1.29 is 9.53 Å². The number of likely N-dealkylation sites (tertiary alicyclic amines) is 1. The van der Waals surface area contributed by atoms with E-state index >= 15 is 0 Å². The smallest absolute Gasteiger partial charge is 0.150 e. The minimum absolute atomic E-state index is 0.384. The predicted molar refractivity (Wildman–Crippen MR) is 94.3 cm³/mol. The number of ether oxygens (including phenoxy) is 1. The first-order valence-electron chi connectivity index (χ1n) is 8.04. The van der Waals surface area contributed by atoms with Gasteiger partial charge >= 0.3 is 0 Å². The zero-order valence-electron chi connectivity index (χ0n) is 14.1. The van der Waals surface area contributed by atoms with E-state index in [2.05, 4.69) is 44.0 Å². The molecule has 0 spiro atoms. The molecule has 1 aliphatic heterocycles. The normalized spacial score (nSPS) is 14.6. The number of likely N-dealkylation sites (N-methyl/N-ethyl adjacent to an activating group) is 1. The molecule has 122 valence electrons. The summed E-state index contributed by atoms with van der Waals surface area (Å²) < 4.78 is 5.97. The molecule has 0 N–H and O–H groups in total. The van der Waals surface area contributed by atoms with E-state index in [9.17, 15) is 4.79 Å². The Hall–Kier alpha value is -2.13. The lowest BCUT2D eigenvalue weighted by molar-refractivity contribution is 0.0380. The van der Waals surface area contributed by atoms with Gasteiger partial charge in [-0.3, -0.25) is 9.69 Å². The molecular weight excluding hydrogens is 286 g/mol. The van der Waals surface area contributed by atoms with Crippen LogP contribution < -0.4 is 4.74 Å². The van der Waals surface area contributed by atoms with Gasteiger partial charge < -0.3 is 4.74 Å². The first kappa shape index (κ1) is 17.2. The number of benzene rings is 2. The first-order chi connectivity index (χ1) is 11.1. The summed E-state index contributed by atoms with van der Waals surface area (Å²) in [5.74, 6) is 1.59. The average Bonchev–Trinajstić information content (AvgIpc) is 2.55. The third kappa shape index (κ3) is 5.22. The zero-order chi connectivity index (χ0) is 16.7. The highest BCUT2D eigenvalue weighted by Crippen LogP contribution is 2.27. The number of carbonyl (C=O) groups is 1. The van der Waals surface area contributed by atoms with Gasteiger partial charge in [-0.25, -0.2) is 0 Å². The summed E-state index contributed by atoms with van der Waals surface area (Å²) >= 11 is 0. The van der Waals surface area contributed by atoms with E-state index in [-0.39, 0.29) is 0 Å². The van der Waals surface area contributed by atoms with Crippen LogP contribution >= 0.6 is 0 Å². The number of carbonyl (C=O) groups excluding carboxylic acids is 1. The van der Waals surface area contributed by atoms with Crippen LogP contribution in [0.25, 0.3) is 0 Å². The van der Waals surface area contributed by atoms with Gasteiger partial charge in [0.05, 0.1) is 0 Å². The highest BCUT2D eigenvalue weighted by atomic mass is 16.5. The topological polar surface area (TPSA) is 29.5 Å². The monoisotopic (exact) mass is 311 g/mol. The Labute approximate surface area is 138 Å². The summed E-state index contributed by atoms with van der Waals surface area (Å²) in [6, 6.07) is 17.5. The maximum Gasteiger partial charge on any atom is 0.150 e. The van der Waals surface area contributed by atoms with Gasteiger partial charge in [-0.2, -0.15) is 0 Å². The number of hydrogen-bond donors (Lipinski definition) is 0. The summed E-state index contributed by atoms with van der Waals surface area (Å²) in [5.41, 5.74) is 2.04. The Bertz CT molecular complexity index is 604. The van der Waals surface area contributed by atoms with E-state index in [0.717, 1.165) is 30.7 Å². The van der Waals surface area contributed by atoms with Gasteiger partial charge in [0.15, 0.2) is 0 Å². The van der Waals surface area contributed by atoms with Crippen molar-refractivity contribution in [3.8, 4) is 5.75 Å². The van der Waals surface area contributed by atoms with Gasteiger partial charge in [0.1, 0.15) is 18.1 Å². The standard InChI is InChI=1S/C13H19NO.C7H6O/c1-10(2)12-6-4-5-7-13(12)15-11-8-14(3)9-11;8-6-7-4-2-1-3-5-7/h4-7,10-11H,8-9H2,1-3H3;1-6H. The van der Waals surface area contributed by atoms with Crippen molar-refractivity contribution in [1.82, 2.24) is 4.90 Å². The zero-order valence-corrected chi connectivity index (χ0v) is 14.1. The van der Waals surface area contributed by atoms with Crippen molar-refractivity contribution in [2.24, 2.45) is 0 Å². The molecule has 1 heterocycles. The van der Waals surface area contributed by atoms with Crippen LogP contribution in [-0.2, 0) is 0 Å². The van der Waals surface area contributed by atoms with Crippen LogP contribution in [-0.4, -0.2) is 37.4 Å². The molecule has 2 aromatic carbocycles. The summed E-state index contributed by atoms with van der Waals surface area (Å²) in [4.78, 5) is 12.3. The van der Waals surface area contributed by atoms with Crippen LogP contribution in [0.15, 0.2) is 54.6 Å². The van der Waals surface area contributed by atoms with Crippen molar-refractivity contribution in [3.05, 3.63) is 65.7 Å². The van der Waals surface area contributed by atoms with Crippen molar-refractivity contribution in [1.29, 1.82) is 0 Å². The second-order valence-corrected chi connectivity index (χ2v) is 6.18.